The molecule has 21 heavy (non-hydrogen) atoms. The van der Waals surface area contributed by atoms with Crippen molar-refractivity contribution in [1.29, 1.82) is 0 Å². The van der Waals surface area contributed by atoms with Crippen LogP contribution in [-0.2, 0) is 0 Å². The standard InChI is InChI=1S/C16H17N3O2/c1-9-8-14(17-13-7-5-4-6-12(9)13)15-18-16(21-19-15)10(2)11(3)20/h4-8,10-11,20H,1-3H3. The lowest BCUT2D eigenvalue weighted by Crippen LogP contribution is -2.11. The predicted octanol–water partition coefficient (Wildman–Crippen LogP) is 3.08. The highest BCUT2D eigenvalue weighted by Crippen LogP contribution is 2.24. The molecular weight excluding hydrogens is 266 g/mol. The molecule has 5 heteroatoms. The summed E-state index contributed by atoms with van der Waals surface area (Å²) in [4.78, 5) is 8.93. The second-order valence-corrected chi connectivity index (χ2v) is 5.33. The van der Waals surface area contributed by atoms with E-state index in [1.165, 1.54) is 0 Å². The van der Waals surface area contributed by atoms with Crippen LogP contribution in [-0.4, -0.2) is 26.3 Å². The molecule has 1 N–H and O–H groups in total. The van der Waals surface area contributed by atoms with Crippen molar-refractivity contribution >= 4 is 10.9 Å². The van der Waals surface area contributed by atoms with E-state index in [2.05, 4.69) is 15.1 Å². The Labute approximate surface area is 122 Å². The van der Waals surface area contributed by atoms with Gasteiger partial charge in [-0.3, -0.25) is 0 Å². The number of pyridine rings is 1. The number of aliphatic hydroxyl groups excluding tert-OH is 1. The summed E-state index contributed by atoms with van der Waals surface area (Å²) in [5.41, 5.74) is 2.70. The Balaban J connectivity index is 2.05. The molecule has 0 aliphatic heterocycles. The first-order valence-electron chi connectivity index (χ1n) is 6.94. The van der Waals surface area contributed by atoms with Crippen LogP contribution in [0.15, 0.2) is 34.9 Å². The number of aliphatic hydroxyl groups is 1. The Morgan fingerprint density at radius 2 is 1.90 bits per heavy atom. The number of para-hydroxylation sites is 1. The number of aromatic nitrogens is 3. The van der Waals surface area contributed by atoms with Gasteiger partial charge in [-0.25, -0.2) is 4.98 Å². The van der Waals surface area contributed by atoms with Gasteiger partial charge in [0.1, 0.15) is 5.69 Å². The van der Waals surface area contributed by atoms with Gasteiger partial charge in [0.2, 0.25) is 11.7 Å². The predicted molar refractivity (Wildman–Crippen MR) is 79.9 cm³/mol. The number of hydrogen-bond acceptors (Lipinski definition) is 5. The van der Waals surface area contributed by atoms with Gasteiger partial charge in [-0.15, -0.1) is 0 Å². The molecule has 2 atom stereocenters. The normalized spacial score (nSPS) is 14.3. The van der Waals surface area contributed by atoms with Gasteiger partial charge >= 0.3 is 0 Å². The average Bonchev–Trinajstić information content (AvgIpc) is 2.96. The lowest BCUT2D eigenvalue weighted by atomic mass is 10.1. The zero-order chi connectivity index (χ0) is 15.0. The first-order valence-corrected chi connectivity index (χ1v) is 6.94. The topological polar surface area (TPSA) is 72.0 Å². The van der Waals surface area contributed by atoms with Crippen molar-refractivity contribution in [2.75, 3.05) is 0 Å². The van der Waals surface area contributed by atoms with Crippen molar-refractivity contribution in [1.82, 2.24) is 15.1 Å². The van der Waals surface area contributed by atoms with Crippen LogP contribution >= 0.6 is 0 Å². The van der Waals surface area contributed by atoms with Crippen LogP contribution in [0.5, 0.6) is 0 Å². The Morgan fingerprint density at radius 3 is 2.67 bits per heavy atom. The molecule has 0 saturated heterocycles. The van der Waals surface area contributed by atoms with E-state index in [0.717, 1.165) is 16.5 Å². The van der Waals surface area contributed by atoms with E-state index in [9.17, 15) is 5.11 Å². The van der Waals surface area contributed by atoms with E-state index in [0.29, 0.717) is 17.4 Å². The monoisotopic (exact) mass is 283 g/mol. The SMILES string of the molecule is Cc1cc(-c2noc(C(C)C(C)O)n2)nc2ccccc12. The van der Waals surface area contributed by atoms with Crippen LogP contribution in [0.4, 0.5) is 0 Å². The van der Waals surface area contributed by atoms with E-state index in [1.54, 1.807) is 6.92 Å². The molecule has 2 heterocycles. The maximum absolute atomic E-state index is 9.60. The van der Waals surface area contributed by atoms with Crippen molar-refractivity contribution in [3.05, 3.63) is 41.8 Å². The maximum Gasteiger partial charge on any atom is 0.232 e. The molecule has 0 spiro atoms. The van der Waals surface area contributed by atoms with Gasteiger partial charge in [0.05, 0.1) is 17.5 Å². The molecular formula is C16H17N3O2. The molecule has 1 aromatic carbocycles. The Kier molecular flexibility index (Phi) is 3.43. The Hall–Kier alpha value is -2.27. The van der Waals surface area contributed by atoms with Gasteiger partial charge in [0, 0.05) is 5.39 Å². The molecule has 2 aromatic heterocycles. The lowest BCUT2D eigenvalue weighted by molar-refractivity contribution is 0.151. The van der Waals surface area contributed by atoms with Gasteiger partial charge in [-0.1, -0.05) is 30.3 Å². The molecule has 2 unspecified atom stereocenters. The molecule has 0 aliphatic carbocycles. The highest BCUT2D eigenvalue weighted by atomic mass is 16.5. The van der Waals surface area contributed by atoms with Gasteiger partial charge in [0.25, 0.3) is 0 Å². The molecule has 0 saturated carbocycles. The second-order valence-electron chi connectivity index (χ2n) is 5.33. The third-order valence-electron chi connectivity index (χ3n) is 3.71. The van der Waals surface area contributed by atoms with E-state index >= 15 is 0 Å². The third kappa shape index (κ3) is 2.52. The molecule has 0 amide bonds. The summed E-state index contributed by atoms with van der Waals surface area (Å²) in [6.07, 6.45) is -0.537. The number of fused-ring (bicyclic) bond motifs is 1. The summed E-state index contributed by atoms with van der Waals surface area (Å²) < 4.78 is 5.23. The van der Waals surface area contributed by atoms with E-state index in [4.69, 9.17) is 4.52 Å². The first kappa shape index (κ1) is 13.7. The summed E-state index contributed by atoms with van der Waals surface area (Å²) in [6.45, 7) is 5.58. The summed E-state index contributed by atoms with van der Waals surface area (Å²) in [5.74, 6) is 0.673. The van der Waals surface area contributed by atoms with Gasteiger partial charge in [-0.05, 0) is 31.5 Å². The average molecular weight is 283 g/mol. The largest absolute Gasteiger partial charge is 0.393 e. The summed E-state index contributed by atoms with van der Waals surface area (Å²) in [5, 5.41) is 14.7. The molecule has 3 rings (SSSR count). The minimum atomic E-state index is -0.537. The minimum absolute atomic E-state index is 0.201. The number of rotatable bonds is 3. The van der Waals surface area contributed by atoms with Crippen molar-refractivity contribution in [3.8, 4) is 11.5 Å². The van der Waals surface area contributed by atoms with Gasteiger partial charge in [0.15, 0.2) is 0 Å². The molecule has 5 nitrogen and oxygen atoms in total. The Morgan fingerprint density at radius 1 is 1.14 bits per heavy atom. The highest BCUT2D eigenvalue weighted by Gasteiger charge is 2.20. The zero-order valence-electron chi connectivity index (χ0n) is 12.2. The fraction of sp³-hybridized carbons (Fsp3) is 0.312. The van der Waals surface area contributed by atoms with Crippen LogP contribution in [0.25, 0.3) is 22.4 Å². The van der Waals surface area contributed by atoms with Crippen LogP contribution in [0, 0.1) is 6.92 Å². The molecule has 3 aromatic rings. The highest BCUT2D eigenvalue weighted by molar-refractivity contribution is 5.84. The second kappa shape index (κ2) is 5.26. The van der Waals surface area contributed by atoms with Crippen LogP contribution in [0.1, 0.15) is 31.2 Å². The number of nitrogens with zero attached hydrogens (tertiary/aromatic N) is 3. The fourth-order valence-electron chi connectivity index (χ4n) is 2.19. The van der Waals surface area contributed by atoms with Crippen LogP contribution in [0.3, 0.4) is 0 Å². The van der Waals surface area contributed by atoms with Gasteiger partial charge in [-0.2, -0.15) is 4.98 Å². The minimum Gasteiger partial charge on any atom is -0.393 e. The molecule has 0 radical (unpaired) electrons. The summed E-state index contributed by atoms with van der Waals surface area (Å²) in [6, 6.07) is 9.90. The lowest BCUT2D eigenvalue weighted by Gasteiger charge is -2.08. The van der Waals surface area contributed by atoms with Crippen molar-refractivity contribution in [2.24, 2.45) is 0 Å². The quantitative estimate of drug-likeness (QED) is 0.799. The zero-order valence-corrected chi connectivity index (χ0v) is 12.2. The van der Waals surface area contributed by atoms with E-state index in [1.807, 2.05) is 44.2 Å². The Bertz CT molecular complexity index is 780. The molecule has 0 bridgehead atoms. The smallest absolute Gasteiger partial charge is 0.232 e. The summed E-state index contributed by atoms with van der Waals surface area (Å²) in [7, 11) is 0. The molecule has 108 valence electrons. The van der Waals surface area contributed by atoms with Crippen LogP contribution < -0.4 is 0 Å². The fourth-order valence-corrected chi connectivity index (χ4v) is 2.19. The molecule has 0 aliphatic rings. The van der Waals surface area contributed by atoms with Crippen molar-refractivity contribution in [2.45, 2.75) is 32.8 Å². The van der Waals surface area contributed by atoms with Crippen molar-refractivity contribution < 1.29 is 9.63 Å². The summed E-state index contributed by atoms with van der Waals surface area (Å²) >= 11 is 0. The van der Waals surface area contributed by atoms with Gasteiger partial charge < -0.3 is 9.63 Å². The first-order chi connectivity index (χ1) is 10.1. The van der Waals surface area contributed by atoms with E-state index in [-0.39, 0.29) is 5.92 Å². The van der Waals surface area contributed by atoms with Crippen LogP contribution in [0.2, 0.25) is 0 Å². The maximum atomic E-state index is 9.60. The number of aryl methyl sites for hydroxylation is 1. The number of hydrogen-bond donors (Lipinski definition) is 1. The third-order valence-corrected chi connectivity index (χ3v) is 3.71. The van der Waals surface area contributed by atoms with E-state index < -0.39 is 6.10 Å². The number of benzene rings is 1. The molecule has 0 fully saturated rings. The van der Waals surface area contributed by atoms with Crippen molar-refractivity contribution in [3.63, 3.8) is 0 Å².